The summed E-state index contributed by atoms with van der Waals surface area (Å²) in [7, 11) is 0. The molecule has 10 nitrogen and oxygen atoms in total. The van der Waals surface area contributed by atoms with Crippen molar-refractivity contribution in [2.75, 3.05) is 41.7 Å². The maximum absolute atomic E-state index is 13.4. The van der Waals surface area contributed by atoms with E-state index in [2.05, 4.69) is 50.0 Å². The third kappa shape index (κ3) is 5.83. The first kappa shape index (κ1) is 26.5. The second-order valence-corrected chi connectivity index (χ2v) is 11.2. The number of rotatable bonds is 7. The molecular weight excluding hydrogens is 514 g/mol. The summed E-state index contributed by atoms with van der Waals surface area (Å²) in [5.74, 6) is 3.20. The van der Waals surface area contributed by atoms with Gasteiger partial charge >= 0.3 is 0 Å². The Balaban J connectivity index is 1.30. The van der Waals surface area contributed by atoms with Crippen LogP contribution in [0.4, 0.5) is 23.1 Å². The molecule has 0 spiro atoms. The molecule has 0 aliphatic carbocycles. The van der Waals surface area contributed by atoms with Gasteiger partial charge in [-0.1, -0.05) is 32.9 Å². The molecule has 11 heteroatoms. The molecular formula is C28H33N7O3S. The summed E-state index contributed by atoms with van der Waals surface area (Å²) < 4.78 is 14.7. The Hall–Kier alpha value is -4.12. The molecule has 39 heavy (non-hydrogen) atoms. The van der Waals surface area contributed by atoms with E-state index in [0.29, 0.717) is 43.5 Å². The van der Waals surface area contributed by atoms with Gasteiger partial charge < -0.3 is 30.0 Å². The maximum Gasteiger partial charge on any atom is 0.257 e. The van der Waals surface area contributed by atoms with Crippen LogP contribution in [0.5, 0.6) is 5.75 Å². The largest absolute Gasteiger partial charge is 0.505 e. The van der Waals surface area contributed by atoms with Crippen molar-refractivity contribution in [2.24, 2.45) is 5.41 Å². The van der Waals surface area contributed by atoms with Crippen molar-refractivity contribution >= 4 is 40.8 Å². The zero-order valence-electron chi connectivity index (χ0n) is 22.5. The fraction of sp³-hybridized carbons (Fsp3) is 0.357. The highest BCUT2D eigenvalue weighted by Gasteiger charge is 2.31. The molecule has 4 aromatic rings. The predicted molar refractivity (Wildman–Crippen MR) is 153 cm³/mol. The van der Waals surface area contributed by atoms with E-state index in [4.69, 9.17) is 4.42 Å². The van der Waals surface area contributed by atoms with Crippen LogP contribution in [0.15, 0.2) is 59.1 Å². The Morgan fingerprint density at radius 3 is 2.46 bits per heavy atom. The predicted octanol–water partition coefficient (Wildman–Crippen LogP) is 5.45. The molecule has 0 radical (unpaired) electrons. The highest BCUT2D eigenvalue weighted by molar-refractivity contribution is 6.99. The van der Waals surface area contributed by atoms with Crippen LogP contribution in [-0.2, 0) is 0 Å². The highest BCUT2D eigenvalue weighted by Crippen LogP contribution is 2.39. The van der Waals surface area contributed by atoms with Gasteiger partial charge in [-0.25, -0.2) is 4.98 Å². The molecule has 1 fully saturated rings. The number of carbonyl (C=O) groups is 1. The van der Waals surface area contributed by atoms with Crippen LogP contribution in [-0.4, -0.2) is 55.8 Å². The van der Waals surface area contributed by atoms with Gasteiger partial charge in [0.1, 0.15) is 17.3 Å². The number of benzene rings is 1. The molecule has 4 heterocycles. The van der Waals surface area contributed by atoms with E-state index < -0.39 is 0 Å². The number of anilines is 4. The fourth-order valence-electron chi connectivity index (χ4n) is 4.62. The number of hydrogen-bond acceptors (Lipinski definition) is 10. The number of carbonyl (C=O) groups excluding carboxylic acids is 1. The monoisotopic (exact) mass is 547 g/mol. The zero-order valence-corrected chi connectivity index (χ0v) is 23.3. The summed E-state index contributed by atoms with van der Waals surface area (Å²) in [6.45, 7) is 10.7. The molecule has 0 bridgehead atoms. The van der Waals surface area contributed by atoms with E-state index in [1.54, 1.807) is 29.3 Å². The van der Waals surface area contributed by atoms with Crippen LogP contribution >= 0.6 is 11.7 Å². The van der Waals surface area contributed by atoms with Crippen molar-refractivity contribution in [3.63, 3.8) is 0 Å². The molecule has 0 unspecified atom stereocenters. The molecule has 5 rings (SSSR count). The second kappa shape index (κ2) is 10.9. The standard InChI is InChI=1S/C28H33N7O3S/c1-18-11-12-21(38-18)24(28(2,3)4)31-26-25(32-39-33-26)30-20-9-7-8-19(23(20)36)27(37)35-16-14-34(15-17-35)22-10-5-6-13-29-22/h5-13,24,36H,14-17H2,1-4H3,(H,30,32)(H,31,33)/t24-/m0/s1. The Morgan fingerprint density at radius 2 is 1.79 bits per heavy atom. The van der Waals surface area contributed by atoms with Crippen molar-refractivity contribution in [1.82, 2.24) is 18.6 Å². The minimum atomic E-state index is -0.215. The van der Waals surface area contributed by atoms with Crippen LogP contribution in [0.1, 0.15) is 48.7 Å². The van der Waals surface area contributed by atoms with Gasteiger partial charge in [-0.2, -0.15) is 8.75 Å². The summed E-state index contributed by atoms with van der Waals surface area (Å²) >= 11 is 1.05. The molecule has 1 atom stereocenters. The third-order valence-electron chi connectivity index (χ3n) is 6.74. The van der Waals surface area contributed by atoms with Gasteiger partial charge in [0, 0.05) is 32.4 Å². The van der Waals surface area contributed by atoms with Crippen LogP contribution in [0.25, 0.3) is 0 Å². The van der Waals surface area contributed by atoms with E-state index in [-0.39, 0.29) is 28.7 Å². The molecule has 1 saturated heterocycles. The highest BCUT2D eigenvalue weighted by atomic mass is 32.1. The molecule has 204 valence electrons. The van der Waals surface area contributed by atoms with Crippen molar-refractivity contribution < 1.29 is 14.3 Å². The first-order valence-electron chi connectivity index (χ1n) is 12.9. The number of nitrogens with one attached hydrogen (secondary N) is 2. The number of aromatic nitrogens is 3. The van der Waals surface area contributed by atoms with E-state index in [0.717, 1.165) is 29.1 Å². The van der Waals surface area contributed by atoms with Gasteiger partial charge in [-0.05, 0) is 48.7 Å². The van der Waals surface area contributed by atoms with E-state index in [1.807, 2.05) is 37.3 Å². The average Bonchev–Trinajstić information content (AvgIpc) is 3.56. The number of hydrogen-bond donors (Lipinski definition) is 3. The fourth-order valence-corrected chi connectivity index (χ4v) is 5.09. The molecule has 3 aromatic heterocycles. The number of para-hydroxylation sites is 1. The zero-order chi connectivity index (χ0) is 27.6. The summed E-state index contributed by atoms with van der Waals surface area (Å²) in [6, 6.07) is 14.6. The van der Waals surface area contributed by atoms with Crippen molar-refractivity contribution in [1.29, 1.82) is 0 Å². The number of nitrogens with zero attached hydrogens (tertiary/aromatic N) is 5. The summed E-state index contributed by atoms with van der Waals surface area (Å²) in [4.78, 5) is 21.7. The molecule has 1 aromatic carbocycles. The number of aromatic hydroxyl groups is 1. The lowest BCUT2D eigenvalue weighted by molar-refractivity contribution is 0.0743. The number of amides is 1. The van der Waals surface area contributed by atoms with Gasteiger partial charge in [0.15, 0.2) is 17.4 Å². The Bertz CT molecular complexity index is 1420. The first-order valence-corrected chi connectivity index (χ1v) is 13.6. The normalized spacial score (nSPS) is 14.8. The minimum absolute atomic E-state index is 0.123. The van der Waals surface area contributed by atoms with Gasteiger partial charge in [0.05, 0.1) is 29.0 Å². The van der Waals surface area contributed by atoms with Gasteiger partial charge in [-0.3, -0.25) is 4.79 Å². The first-order chi connectivity index (χ1) is 18.7. The number of piperazine rings is 1. The number of aryl methyl sites for hydroxylation is 1. The van der Waals surface area contributed by atoms with Gasteiger partial charge in [0.2, 0.25) is 0 Å². The minimum Gasteiger partial charge on any atom is -0.505 e. The molecule has 1 aliphatic heterocycles. The van der Waals surface area contributed by atoms with Crippen molar-refractivity contribution in [3.8, 4) is 5.75 Å². The van der Waals surface area contributed by atoms with E-state index in [9.17, 15) is 9.90 Å². The number of pyridine rings is 1. The van der Waals surface area contributed by atoms with Crippen LogP contribution in [0.3, 0.4) is 0 Å². The topological polar surface area (TPSA) is 120 Å². The summed E-state index contributed by atoms with van der Waals surface area (Å²) in [5, 5.41) is 17.7. The lowest BCUT2D eigenvalue weighted by Gasteiger charge is -2.35. The smallest absolute Gasteiger partial charge is 0.257 e. The SMILES string of the molecule is Cc1ccc([C@H](Nc2nsnc2Nc2cccc(C(=O)N3CCN(c4ccccn4)CC3)c2O)C(C)(C)C)o1. The number of phenols is 1. The van der Waals surface area contributed by atoms with Crippen molar-refractivity contribution in [2.45, 2.75) is 33.7 Å². The Labute approximate surface area is 232 Å². The molecule has 1 aliphatic rings. The average molecular weight is 548 g/mol. The van der Waals surface area contributed by atoms with Crippen molar-refractivity contribution in [3.05, 3.63) is 71.8 Å². The quantitative estimate of drug-likeness (QED) is 0.260. The molecule has 1 amide bonds. The van der Waals surface area contributed by atoms with Crippen LogP contribution in [0, 0.1) is 12.3 Å². The second-order valence-electron chi connectivity index (χ2n) is 10.6. The third-order valence-corrected chi connectivity index (χ3v) is 7.27. The number of phenolic OH excluding ortho intramolecular Hbond substituents is 1. The summed E-state index contributed by atoms with van der Waals surface area (Å²) in [6.07, 6.45) is 1.77. The Morgan fingerprint density at radius 1 is 1.03 bits per heavy atom. The number of furan rings is 1. The van der Waals surface area contributed by atoms with Crippen LogP contribution < -0.4 is 15.5 Å². The van der Waals surface area contributed by atoms with Crippen LogP contribution in [0.2, 0.25) is 0 Å². The van der Waals surface area contributed by atoms with Gasteiger partial charge in [0.25, 0.3) is 5.91 Å². The lowest BCUT2D eigenvalue weighted by Crippen LogP contribution is -2.49. The van der Waals surface area contributed by atoms with Gasteiger partial charge in [-0.15, -0.1) is 0 Å². The van der Waals surface area contributed by atoms with E-state index >= 15 is 0 Å². The van der Waals surface area contributed by atoms with E-state index in [1.165, 1.54) is 0 Å². The lowest BCUT2D eigenvalue weighted by atomic mass is 9.85. The summed E-state index contributed by atoms with van der Waals surface area (Å²) in [5.41, 5.74) is 0.438. The molecule has 0 saturated carbocycles. The molecule has 3 N–H and O–H groups in total. The maximum atomic E-state index is 13.4. The Kier molecular flexibility index (Phi) is 7.42.